The van der Waals surface area contributed by atoms with Gasteiger partial charge in [0.2, 0.25) is 0 Å². The minimum absolute atomic E-state index is 0.0161. The molecular weight excluding hydrogens is 424 g/mol. The summed E-state index contributed by atoms with van der Waals surface area (Å²) in [6.07, 6.45) is 11.1. The highest BCUT2D eigenvalue weighted by molar-refractivity contribution is 7.86. The molecule has 2 aliphatic carbocycles. The Hall–Kier alpha value is -1.65. The lowest BCUT2D eigenvalue weighted by molar-refractivity contribution is -0.310. The molecule has 6 heteroatoms. The number of allylic oxidation sites excluding steroid dienone is 1. The Labute approximate surface area is 192 Å². The maximum atomic E-state index is 12.8. The predicted octanol–water partition coefficient (Wildman–Crippen LogP) is 4.86. The van der Waals surface area contributed by atoms with E-state index in [0.29, 0.717) is 26.1 Å². The normalized spacial score (nSPS) is 31.4. The maximum absolute atomic E-state index is 12.8. The van der Waals surface area contributed by atoms with Crippen LogP contribution in [0.1, 0.15) is 52.0 Å². The molecule has 1 aromatic rings. The molecule has 5 nitrogen and oxygen atoms in total. The SMILES string of the molecule is C#C[C@@H]1CC=C2CC3(CC[C@]2(C)[C@H]1COS(=O)(=O)c1ccc(C)cc1)OCC(C)(C)CO3. The lowest BCUT2D eigenvalue weighted by Gasteiger charge is -2.54. The van der Waals surface area contributed by atoms with Gasteiger partial charge in [-0.25, -0.2) is 0 Å². The number of hydrogen-bond acceptors (Lipinski definition) is 5. The predicted molar refractivity (Wildman–Crippen MR) is 123 cm³/mol. The second kappa shape index (κ2) is 8.29. The first-order valence-electron chi connectivity index (χ1n) is 11.4. The number of rotatable bonds is 4. The topological polar surface area (TPSA) is 61.8 Å². The van der Waals surface area contributed by atoms with Crippen molar-refractivity contribution in [3.63, 3.8) is 0 Å². The van der Waals surface area contributed by atoms with E-state index in [9.17, 15) is 8.42 Å². The fourth-order valence-electron chi connectivity index (χ4n) is 5.20. The van der Waals surface area contributed by atoms with Gasteiger partial charge in [0.15, 0.2) is 5.79 Å². The first-order chi connectivity index (χ1) is 15.0. The molecule has 1 aliphatic heterocycles. The third-order valence-electron chi connectivity index (χ3n) is 7.52. The quantitative estimate of drug-likeness (QED) is 0.366. The van der Waals surface area contributed by atoms with E-state index < -0.39 is 15.9 Å². The molecule has 1 spiro atoms. The molecule has 0 bridgehead atoms. The van der Waals surface area contributed by atoms with Gasteiger partial charge in [-0.15, -0.1) is 12.3 Å². The summed E-state index contributed by atoms with van der Waals surface area (Å²) >= 11 is 0. The van der Waals surface area contributed by atoms with Crippen LogP contribution in [0.4, 0.5) is 0 Å². The third kappa shape index (κ3) is 4.41. The lowest BCUT2D eigenvalue weighted by Crippen LogP contribution is -2.54. The molecule has 3 aliphatic rings. The molecule has 0 unspecified atom stereocenters. The van der Waals surface area contributed by atoms with E-state index in [1.54, 1.807) is 24.3 Å². The van der Waals surface area contributed by atoms with Gasteiger partial charge in [0.25, 0.3) is 10.1 Å². The van der Waals surface area contributed by atoms with Gasteiger partial charge in [-0.3, -0.25) is 4.18 Å². The highest BCUT2D eigenvalue weighted by Gasteiger charge is 2.53. The first-order valence-corrected chi connectivity index (χ1v) is 12.8. The summed E-state index contributed by atoms with van der Waals surface area (Å²) in [6.45, 7) is 9.81. The van der Waals surface area contributed by atoms with Crippen LogP contribution in [0, 0.1) is 41.9 Å². The zero-order chi connectivity index (χ0) is 23.2. The van der Waals surface area contributed by atoms with E-state index in [1.807, 2.05) is 6.92 Å². The first kappa shape index (κ1) is 23.5. The van der Waals surface area contributed by atoms with Crippen molar-refractivity contribution in [2.24, 2.45) is 22.7 Å². The van der Waals surface area contributed by atoms with Gasteiger partial charge < -0.3 is 9.47 Å². The monoisotopic (exact) mass is 458 g/mol. The molecular formula is C26H34O5S. The molecule has 32 heavy (non-hydrogen) atoms. The van der Waals surface area contributed by atoms with Gasteiger partial charge in [0.05, 0.1) is 24.7 Å². The van der Waals surface area contributed by atoms with Crippen molar-refractivity contribution >= 4 is 10.1 Å². The third-order valence-corrected chi connectivity index (χ3v) is 8.82. The van der Waals surface area contributed by atoms with E-state index in [0.717, 1.165) is 18.4 Å². The largest absolute Gasteiger partial charge is 0.349 e. The molecule has 1 saturated carbocycles. The zero-order valence-electron chi connectivity index (χ0n) is 19.5. The number of hydrogen-bond donors (Lipinski definition) is 0. The highest BCUT2D eigenvalue weighted by atomic mass is 32.2. The van der Waals surface area contributed by atoms with Gasteiger partial charge in [-0.1, -0.05) is 50.1 Å². The summed E-state index contributed by atoms with van der Waals surface area (Å²) in [4.78, 5) is 0.173. The van der Waals surface area contributed by atoms with Gasteiger partial charge in [0, 0.05) is 30.1 Å². The Morgan fingerprint density at radius 2 is 1.78 bits per heavy atom. The van der Waals surface area contributed by atoms with Crippen molar-refractivity contribution in [3.05, 3.63) is 41.5 Å². The van der Waals surface area contributed by atoms with E-state index in [4.69, 9.17) is 20.1 Å². The van der Waals surface area contributed by atoms with Crippen molar-refractivity contribution in [3.8, 4) is 12.3 Å². The van der Waals surface area contributed by atoms with Gasteiger partial charge >= 0.3 is 0 Å². The molecule has 0 amide bonds. The van der Waals surface area contributed by atoms with Gasteiger partial charge in [-0.2, -0.15) is 8.42 Å². The molecule has 1 aromatic carbocycles. The average Bonchev–Trinajstić information content (AvgIpc) is 2.75. The van der Waals surface area contributed by atoms with Crippen molar-refractivity contribution in [1.29, 1.82) is 0 Å². The Bertz CT molecular complexity index is 1020. The van der Waals surface area contributed by atoms with Crippen molar-refractivity contribution in [1.82, 2.24) is 0 Å². The lowest BCUT2D eigenvalue weighted by atomic mass is 9.56. The molecule has 1 heterocycles. The van der Waals surface area contributed by atoms with Crippen LogP contribution in [0.5, 0.6) is 0 Å². The zero-order valence-corrected chi connectivity index (χ0v) is 20.3. The summed E-state index contributed by atoms with van der Waals surface area (Å²) < 4.78 is 43.7. The second-order valence-corrected chi connectivity index (χ2v) is 12.3. The minimum Gasteiger partial charge on any atom is -0.349 e. The van der Waals surface area contributed by atoms with Crippen LogP contribution in [0.15, 0.2) is 40.8 Å². The summed E-state index contributed by atoms with van der Waals surface area (Å²) in [5.74, 6) is 2.15. The average molecular weight is 459 g/mol. The standard InChI is InChI=1S/C26H34O5S/c1-6-20-9-10-21-15-26(29-17-24(3,4)18-30-26)14-13-25(21,5)23(20)16-31-32(27,28)22-11-7-19(2)8-12-22/h1,7-8,10-12,20,23H,9,13-18H2,2-5H3/t20-,23+,25+/m1/s1. The number of terminal acetylenes is 1. The van der Waals surface area contributed by atoms with Crippen LogP contribution in [0.25, 0.3) is 0 Å². The fraction of sp³-hybridized carbons (Fsp3) is 0.615. The van der Waals surface area contributed by atoms with Crippen LogP contribution in [0.2, 0.25) is 0 Å². The van der Waals surface area contributed by atoms with E-state index in [2.05, 4.69) is 32.8 Å². The molecule has 0 aromatic heterocycles. The van der Waals surface area contributed by atoms with Gasteiger partial charge in [0.1, 0.15) is 0 Å². The van der Waals surface area contributed by atoms with Crippen LogP contribution >= 0.6 is 0 Å². The number of benzene rings is 1. The maximum Gasteiger partial charge on any atom is 0.296 e. The number of fused-ring (bicyclic) bond motifs is 1. The molecule has 0 N–H and O–H groups in total. The Morgan fingerprint density at radius 3 is 2.41 bits per heavy atom. The van der Waals surface area contributed by atoms with Gasteiger partial charge in [-0.05, 0) is 37.3 Å². The summed E-state index contributed by atoms with van der Waals surface area (Å²) in [5.41, 5.74) is 2.01. The number of ether oxygens (including phenoxy) is 2. The Morgan fingerprint density at radius 1 is 1.12 bits per heavy atom. The Balaban J connectivity index is 1.52. The summed E-state index contributed by atoms with van der Waals surface area (Å²) in [7, 11) is -3.85. The smallest absolute Gasteiger partial charge is 0.296 e. The molecule has 3 atom stereocenters. The van der Waals surface area contributed by atoms with Crippen molar-refractivity contribution in [2.75, 3.05) is 19.8 Å². The fourth-order valence-corrected chi connectivity index (χ4v) is 6.13. The van der Waals surface area contributed by atoms with Crippen LogP contribution in [0.3, 0.4) is 0 Å². The van der Waals surface area contributed by atoms with Crippen molar-refractivity contribution in [2.45, 2.75) is 64.1 Å². The number of aryl methyl sites for hydroxylation is 1. The minimum atomic E-state index is -3.85. The van der Waals surface area contributed by atoms with Crippen LogP contribution in [-0.2, 0) is 23.8 Å². The van der Waals surface area contributed by atoms with E-state index >= 15 is 0 Å². The summed E-state index contributed by atoms with van der Waals surface area (Å²) in [5, 5.41) is 0. The summed E-state index contributed by atoms with van der Waals surface area (Å²) in [6, 6.07) is 6.71. The molecule has 0 radical (unpaired) electrons. The van der Waals surface area contributed by atoms with E-state index in [1.165, 1.54) is 5.57 Å². The second-order valence-electron chi connectivity index (χ2n) is 10.6. The van der Waals surface area contributed by atoms with Crippen LogP contribution < -0.4 is 0 Å². The molecule has 4 rings (SSSR count). The molecule has 2 fully saturated rings. The highest BCUT2D eigenvalue weighted by Crippen LogP contribution is 2.56. The molecule has 1 saturated heterocycles. The van der Waals surface area contributed by atoms with Crippen molar-refractivity contribution < 1.29 is 22.1 Å². The molecule has 174 valence electrons. The van der Waals surface area contributed by atoms with E-state index in [-0.39, 0.29) is 34.2 Å². The Kier molecular flexibility index (Phi) is 6.09. The van der Waals surface area contributed by atoms with Crippen LogP contribution in [-0.4, -0.2) is 34.0 Å².